The van der Waals surface area contributed by atoms with Crippen molar-refractivity contribution in [2.45, 2.75) is 11.4 Å². The van der Waals surface area contributed by atoms with Crippen molar-refractivity contribution in [3.05, 3.63) is 24.0 Å². The average molecular weight is 170 g/mol. The topological polar surface area (TPSA) is 56.0 Å². The minimum Gasteiger partial charge on any atom is -0.325 e. The van der Waals surface area contributed by atoms with Gasteiger partial charge in [0, 0.05) is 19.0 Å². The van der Waals surface area contributed by atoms with Crippen LogP contribution in [-0.4, -0.2) is 15.4 Å². The Bertz CT molecular complexity index is 275. The van der Waals surface area contributed by atoms with Crippen molar-refractivity contribution in [1.82, 2.24) is 4.98 Å². The van der Waals surface area contributed by atoms with Crippen LogP contribution in [0.2, 0.25) is 0 Å². The van der Waals surface area contributed by atoms with Gasteiger partial charge < -0.3 is 5.73 Å². The summed E-state index contributed by atoms with van der Waals surface area (Å²) in [6.07, 6.45) is 3.27. The molecule has 0 radical (unpaired) electrons. The van der Waals surface area contributed by atoms with Crippen LogP contribution in [0.5, 0.6) is 0 Å². The van der Waals surface area contributed by atoms with Crippen LogP contribution in [0.3, 0.4) is 0 Å². The van der Waals surface area contributed by atoms with Crippen LogP contribution >= 0.6 is 0 Å². The molecule has 11 heavy (non-hydrogen) atoms. The van der Waals surface area contributed by atoms with Gasteiger partial charge in [0.15, 0.2) is 0 Å². The van der Waals surface area contributed by atoms with E-state index in [0.29, 0.717) is 12.2 Å². The molecule has 60 valence electrons. The van der Waals surface area contributed by atoms with Gasteiger partial charge in [0.2, 0.25) is 0 Å². The van der Waals surface area contributed by atoms with E-state index >= 15 is 0 Å². The van der Waals surface area contributed by atoms with Gasteiger partial charge in [-0.25, -0.2) is 0 Å². The van der Waals surface area contributed by atoms with Gasteiger partial charge in [-0.05, 0) is 12.1 Å². The molecule has 0 bridgehead atoms. The maximum atomic E-state index is 11.0. The maximum absolute atomic E-state index is 11.0. The molecule has 4 heteroatoms. The van der Waals surface area contributed by atoms with Gasteiger partial charge in [-0.2, -0.15) is 0 Å². The first-order valence-electron chi connectivity index (χ1n) is 3.23. The molecule has 1 unspecified atom stereocenters. The molecule has 0 aliphatic carbocycles. The lowest BCUT2D eigenvalue weighted by molar-refractivity contribution is 0.685. The summed E-state index contributed by atoms with van der Waals surface area (Å²) in [7, 11) is -0.983. The van der Waals surface area contributed by atoms with Crippen LogP contribution in [0.25, 0.3) is 0 Å². The third kappa shape index (κ3) is 1.85. The molecular formula is C7H10N2OS. The van der Waals surface area contributed by atoms with Crippen molar-refractivity contribution in [3.63, 3.8) is 0 Å². The zero-order valence-electron chi connectivity index (χ0n) is 6.28. The summed E-state index contributed by atoms with van der Waals surface area (Å²) < 4.78 is 11.0. The monoisotopic (exact) mass is 170 g/mol. The summed E-state index contributed by atoms with van der Waals surface area (Å²) in [6.45, 7) is 0.343. The lowest BCUT2D eigenvalue weighted by atomic mass is 10.3. The average Bonchev–Trinajstić information content (AvgIpc) is 2.04. The van der Waals surface area contributed by atoms with Crippen molar-refractivity contribution < 1.29 is 4.21 Å². The van der Waals surface area contributed by atoms with Gasteiger partial charge in [-0.1, -0.05) is 0 Å². The van der Waals surface area contributed by atoms with E-state index in [1.54, 1.807) is 24.6 Å². The standard InChI is InChI=1S/C7H10N2OS/c1-11(10)7-3-2-4-9-6(7)5-8/h2-4H,5,8H2,1H3. The molecule has 0 aliphatic heterocycles. The Morgan fingerprint density at radius 2 is 2.45 bits per heavy atom. The number of nitrogens with zero attached hydrogens (tertiary/aromatic N) is 1. The fourth-order valence-electron chi connectivity index (χ4n) is 0.838. The number of aromatic nitrogens is 1. The normalized spacial score (nSPS) is 12.9. The summed E-state index contributed by atoms with van der Waals surface area (Å²) in [5.41, 5.74) is 6.11. The van der Waals surface area contributed by atoms with Crippen LogP contribution in [0.1, 0.15) is 5.69 Å². The molecule has 1 aromatic rings. The molecule has 0 fully saturated rings. The summed E-state index contributed by atoms with van der Waals surface area (Å²) in [6, 6.07) is 3.54. The van der Waals surface area contributed by atoms with E-state index in [1.807, 2.05) is 0 Å². The van der Waals surface area contributed by atoms with Gasteiger partial charge >= 0.3 is 0 Å². The van der Waals surface area contributed by atoms with Gasteiger partial charge in [0.25, 0.3) is 0 Å². The largest absolute Gasteiger partial charge is 0.325 e. The van der Waals surface area contributed by atoms with E-state index < -0.39 is 10.8 Å². The second kappa shape index (κ2) is 3.59. The zero-order valence-corrected chi connectivity index (χ0v) is 7.10. The third-order valence-corrected chi connectivity index (χ3v) is 2.34. The van der Waals surface area contributed by atoms with E-state index in [0.717, 1.165) is 4.90 Å². The van der Waals surface area contributed by atoms with Gasteiger partial charge in [0.05, 0.1) is 21.4 Å². The molecule has 0 aliphatic rings. The van der Waals surface area contributed by atoms with Gasteiger partial charge in [-0.3, -0.25) is 9.19 Å². The van der Waals surface area contributed by atoms with E-state index in [2.05, 4.69) is 4.98 Å². The second-order valence-corrected chi connectivity index (χ2v) is 3.45. The Morgan fingerprint density at radius 3 is 2.91 bits per heavy atom. The van der Waals surface area contributed by atoms with E-state index in [1.165, 1.54) is 0 Å². The molecule has 1 atom stereocenters. The Balaban J connectivity index is 3.12. The Labute approximate surface area is 68.1 Å². The maximum Gasteiger partial charge on any atom is 0.0700 e. The van der Waals surface area contributed by atoms with Crippen molar-refractivity contribution in [1.29, 1.82) is 0 Å². The molecule has 3 nitrogen and oxygen atoms in total. The van der Waals surface area contributed by atoms with Crippen molar-refractivity contribution >= 4 is 10.8 Å². The Hall–Kier alpha value is -0.740. The molecule has 1 heterocycles. The molecule has 1 aromatic heterocycles. The van der Waals surface area contributed by atoms with E-state index in [9.17, 15) is 4.21 Å². The quantitative estimate of drug-likeness (QED) is 0.693. The molecule has 0 aromatic carbocycles. The number of rotatable bonds is 2. The minimum absolute atomic E-state index is 0.343. The van der Waals surface area contributed by atoms with Gasteiger partial charge in [-0.15, -0.1) is 0 Å². The van der Waals surface area contributed by atoms with E-state index in [4.69, 9.17) is 5.73 Å². The number of hydrogen-bond donors (Lipinski definition) is 1. The molecule has 1 rings (SSSR count). The lowest BCUT2D eigenvalue weighted by Gasteiger charge is -2.00. The smallest absolute Gasteiger partial charge is 0.0700 e. The van der Waals surface area contributed by atoms with Crippen LogP contribution in [-0.2, 0) is 17.3 Å². The first kappa shape index (κ1) is 8.36. The first-order valence-corrected chi connectivity index (χ1v) is 4.79. The van der Waals surface area contributed by atoms with Crippen LogP contribution in [0.15, 0.2) is 23.2 Å². The predicted molar refractivity (Wildman–Crippen MR) is 44.5 cm³/mol. The number of hydrogen-bond acceptors (Lipinski definition) is 3. The fourth-order valence-corrected chi connectivity index (χ4v) is 1.58. The van der Waals surface area contributed by atoms with Gasteiger partial charge in [0.1, 0.15) is 0 Å². The zero-order chi connectivity index (χ0) is 8.27. The SMILES string of the molecule is CS(=O)c1cccnc1CN. The van der Waals surface area contributed by atoms with Crippen molar-refractivity contribution in [3.8, 4) is 0 Å². The van der Waals surface area contributed by atoms with E-state index in [-0.39, 0.29) is 0 Å². The first-order chi connectivity index (χ1) is 5.25. The van der Waals surface area contributed by atoms with Crippen molar-refractivity contribution in [2.75, 3.05) is 6.26 Å². The van der Waals surface area contributed by atoms with Crippen molar-refractivity contribution in [2.24, 2.45) is 5.73 Å². The highest BCUT2D eigenvalue weighted by Gasteiger charge is 2.03. The lowest BCUT2D eigenvalue weighted by Crippen LogP contribution is -2.04. The third-order valence-electron chi connectivity index (χ3n) is 1.35. The highest BCUT2D eigenvalue weighted by atomic mass is 32.2. The molecular weight excluding hydrogens is 160 g/mol. The number of pyridine rings is 1. The summed E-state index contributed by atoms with van der Waals surface area (Å²) in [4.78, 5) is 4.73. The molecule has 0 saturated carbocycles. The minimum atomic E-state index is -0.983. The summed E-state index contributed by atoms with van der Waals surface area (Å²) in [5, 5.41) is 0. The van der Waals surface area contributed by atoms with Crippen LogP contribution in [0.4, 0.5) is 0 Å². The molecule has 0 saturated heterocycles. The number of nitrogens with two attached hydrogens (primary N) is 1. The predicted octanol–water partition coefficient (Wildman–Crippen LogP) is 0.278. The fraction of sp³-hybridized carbons (Fsp3) is 0.286. The van der Waals surface area contributed by atoms with Crippen LogP contribution in [0, 0.1) is 0 Å². The second-order valence-electron chi connectivity index (χ2n) is 2.11. The summed E-state index contributed by atoms with van der Waals surface area (Å²) in [5.74, 6) is 0. The highest BCUT2D eigenvalue weighted by Crippen LogP contribution is 2.07. The summed E-state index contributed by atoms with van der Waals surface area (Å²) >= 11 is 0. The Kier molecular flexibility index (Phi) is 2.73. The molecule has 0 spiro atoms. The van der Waals surface area contributed by atoms with Crippen LogP contribution < -0.4 is 5.73 Å². The molecule has 2 N–H and O–H groups in total. The Morgan fingerprint density at radius 1 is 1.73 bits per heavy atom. The molecule has 0 amide bonds. The highest BCUT2D eigenvalue weighted by molar-refractivity contribution is 7.84.